The standard InChI is InChI=1S/C17H26N2O.ClH/c1-17(8-9-18-12-17)13-19-10-6-14-4-3-5-16(20-2)15(14)7-11-19;/h3-5,18H,6-13H2,1-2H3;1H. The molecule has 2 aliphatic rings. The number of methoxy groups -OCH3 is 1. The quantitative estimate of drug-likeness (QED) is 0.928. The first-order chi connectivity index (χ1) is 9.70. The third-order valence-electron chi connectivity index (χ3n) is 4.89. The summed E-state index contributed by atoms with van der Waals surface area (Å²) in [5, 5.41) is 3.51. The van der Waals surface area contributed by atoms with Gasteiger partial charge in [-0.05, 0) is 48.4 Å². The number of nitrogens with one attached hydrogen (secondary N) is 1. The Balaban J connectivity index is 0.00000161. The Kier molecular flexibility index (Phi) is 5.53. The molecule has 2 heterocycles. The largest absolute Gasteiger partial charge is 0.496 e. The molecule has 1 aromatic rings. The van der Waals surface area contributed by atoms with Crippen LogP contribution in [0.4, 0.5) is 0 Å². The zero-order valence-corrected chi connectivity index (χ0v) is 14.0. The van der Waals surface area contributed by atoms with E-state index in [-0.39, 0.29) is 12.4 Å². The van der Waals surface area contributed by atoms with E-state index in [0.29, 0.717) is 5.41 Å². The van der Waals surface area contributed by atoms with Gasteiger partial charge in [-0.15, -0.1) is 12.4 Å². The van der Waals surface area contributed by atoms with Crippen LogP contribution in [0.1, 0.15) is 24.5 Å². The molecule has 2 aliphatic heterocycles. The SMILES string of the molecule is COc1cccc2c1CCN(CC1(C)CCNC1)CC2.Cl. The Hall–Kier alpha value is -0.770. The van der Waals surface area contributed by atoms with Crippen molar-refractivity contribution in [2.75, 3.05) is 39.8 Å². The van der Waals surface area contributed by atoms with E-state index in [4.69, 9.17) is 4.74 Å². The third kappa shape index (κ3) is 3.71. The normalized spacial score (nSPS) is 25.8. The second kappa shape index (κ2) is 6.99. The van der Waals surface area contributed by atoms with Crippen molar-refractivity contribution in [1.29, 1.82) is 0 Å². The zero-order valence-electron chi connectivity index (χ0n) is 13.2. The molecule has 1 atom stereocenters. The molecule has 3 nitrogen and oxygen atoms in total. The highest BCUT2D eigenvalue weighted by molar-refractivity contribution is 5.85. The summed E-state index contributed by atoms with van der Waals surface area (Å²) in [6, 6.07) is 6.48. The molecule has 0 aromatic heterocycles. The Labute approximate surface area is 134 Å². The van der Waals surface area contributed by atoms with E-state index in [2.05, 4.69) is 35.3 Å². The molecule has 0 spiro atoms. The molecule has 0 saturated carbocycles. The van der Waals surface area contributed by atoms with Crippen molar-refractivity contribution in [2.24, 2.45) is 5.41 Å². The molecule has 1 saturated heterocycles. The molecule has 0 bridgehead atoms. The van der Waals surface area contributed by atoms with Crippen LogP contribution < -0.4 is 10.1 Å². The molecule has 118 valence electrons. The van der Waals surface area contributed by atoms with Gasteiger partial charge in [-0.3, -0.25) is 0 Å². The Morgan fingerprint density at radius 3 is 2.81 bits per heavy atom. The van der Waals surface area contributed by atoms with Gasteiger partial charge < -0.3 is 15.0 Å². The fourth-order valence-electron chi connectivity index (χ4n) is 3.68. The van der Waals surface area contributed by atoms with Crippen LogP contribution in [0.3, 0.4) is 0 Å². The first kappa shape index (κ1) is 16.6. The number of ether oxygens (including phenoxy) is 1. The molecular weight excluding hydrogens is 284 g/mol. The summed E-state index contributed by atoms with van der Waals surface area (Å²) >= 11 is 0. The lowest BCUT2D eigenvalue weighted by Gasteiger charge is -2.31. The van der Waals surface area contributed by atoms with Gasteiger partial charge in [0.25, 0.3) is 0 Å². The maximum Gasteiger partial charge on any atom is 0.122 e. The number of fused-ring (bicyclic) bond motifs is 1. The first-order valence-corrected chi connectivity index (χ1v) is 7.78. The molecule has 0 amide bonds. The zero-order chi connectivity index (χ0) is 14.0. The van der Waals surface area contributed by atoms with Gasteiger partial charge in [-0.1, -0.05) is 19.1 Å². The van der Waals surface area contributed by atoms with Gasteiger partial charge in [0.15, 0.2) is 0 Å². The van der Waals surface area contributed by atoms with Crippen molar-refractivity contribution in [1.82, 2.24) is 10.2 Å². The first-order valence-electron chi connectivity index (χ1n) is 7.78. The van der Waals surface area contributed by atoms with Crippen molar-refractivity contribution in [3.63, 3.8) is 0 Å². The minimum absolute atomic E-state index is 0. The van der Waals surface area contributed by atoms with E-state index in [1.807, 2.05) is 0 Å². The lowest BCUT2D eigenvalue weighted by atomic mass is 9.89. The third-order valence-corrected chi connectivity index (χ3v) is 4.89. The fourth-order valence-corrected chi connectivity index (χ4v) is 3.68. The highest BCUT2D eigenvalue weighted by Gasteiger charge is 2.31. The molecule has 1 aromatic carbocycles. The van der Waals surface area contributed by atoms with Gasteiger partial charge >= 0.3 is 0 Å². The number of rotatable bonds is 3. The molecule has 3 rings (SSSR count). The summed E-state index contributed by atoms with van der Waals surface area (Å²) in [5.74, 6) is 1.07. The van der Waals surface area contributed by atoms with Crippen LogP contribution >= 0.6 is 12.4 Å². The summed E-state index contributed by atoms with van der Waals surface area (Å²) in [5.41, 5.74) is 3.36. The predicted octanol–water partition coefficient (Wildman–Crippen LogP) is 2.52. The maximum absolute atomic E-state index is 5.53. The van der Waals surface area contributed by atoms with Crippen LogP contribution in [0, 0.1) is 5.41 Å². The highest BCUT2D eigenvalue weighted by atomic mass is 35.5. The van der Waals surface area contributed by atoms with Gasteiger partial charge in [-0.25, -0.2) is 0 Å². The topological polar surface area (TPSA) is 24.5 Å². The average molecular weight is 311 g/mol. The molecule has 4 heteroatoms. The van der Waals surface area contributed by atoms with E-state index in [1.165, 1.54) is 43.7 Å². The van der Waals surface area contributed by atoms with Gasteiger partial charge in [0.1, 0.15) is 5.75 Å². The minimum Gasteiger partial charge on any atom is -0.496 e. The molecule has 1 N–H and O–H groups in total. The van der Waals surface area contributed by atoms with E-state index in [9.17, 15) is 0 Å². The summed E-state index contributed by atoms with van der Waals surface area (Å²) in [6.45, 7) is 8.32. The Bertz CT molecular complexity index is 472. The predicted molar refractivity (Wildman–Crippen MR) is 89.7 cm³/mol. The number of benzene rings is 1. The Morgan fingerprint density at radius 1 is 1.29 bits per heavy atom. The van der Waals surface area contributed by atoms with Crippen LogP contribution in [0.15, 0.2) is 18.2 Å². The lowest BCUT2D eigenvalue weighted by Crippen LogP contribution is -2.38. The maximum atomic E-state index is 5.53. The minimum atomic E-state index is 0. The smallest absolute Gasteiger partial charge is 0.122 e. The van der Waals surface area contributed by atoms with E-state index in [0.717, 1.165) is 25.1 Å². The summed E-state index contributed by atoms with van der Waals surface area (Å²) in [6.07, 6.45) is 3.57. The van der Waals surface area contributed by atoms with Crippen molar-refractivity contribution in [2.45, 2.75) is 26.2 Å². The van der Waals surface area contributed by atoms with E-state index in [1.54, 1.807) is 7.11 Å². The molecular formula is C17H27ClN2O. The molecule has 1 fully saturated rings. The van der Waals surface area contributed by atoms with Gasteiger partial charge in [-0.2, -0.15) is 0 Å². The second-order valence-electron chi connectivity index (χ2n) is 6.61. The van der Waals surface area contributed by atoms with Crippen LogP contribution in [0.2, 0.25) is 0 Å². The van der Waals surface area contributed by atoms with Crippen molar-refractivity contribution < 1.29 is 4.74 Å². The summed E-state index contributed by atoms with van der Waals surface area (Å²) in [7, 11) is 1.78. The summed E-state index contributed by atoms with van der Waals surface area (Å²) < 4.78 is 5.53. The summed E-state index contributed by atoms with van der Waals surface area (Å²) in [4.78, 5) is 2.65. The fraction of sp³-hybridized carbons (Fsp3) is 0.647. The van der Waals surface area contributed by atoms with Crippen LogP contribution in [-0.2, 0) is 12.8 Å². The molecule has 21 heavy (non-hydrogen) atoms. The van der Waals surface area contributed by atoms with Crippen molar-refractivity contribution in [3.8, 4) is 5.75 Å². The van der Waals surface area contributed by atoms with Gasteiger partial charge in [0, 0.05) is 26.2 Å². The van der Waals surface area contributed by atoms with Crippen molar-refractivity contribution >= 4 is 12.4 Å². The number of hydrogen-bond donors (Lipinski definition) is 1. The highest BCUT2D eigenvalue weighted by Crippen LogP contribution is 2.29. The average Bonchev–Trinajstić information content (AvgIpc) is 2.77. The number of nitrogens with zero attached hydrogens (tertiary/aromatic N) is 1. The van der Waals surface area contributed by atoms with Crippen LogP contribution in [0.5, 0.6) is 5.75 Å². The second-order valence-corrected chi connectivity index (χ2v) is 6.61. The van der Waals surface area contributed by atoms with Gasteiger partial charge in [0.2, 0.25) is 0 Å². The van der Waals surface area contributed by atoms with Crippen LogP contribution in [0.25, 0.3) is 0 Å². The monoisotopic (exact) mass is 310 g/mol. The number of halogens is 1. The number of hydrogen-bond acceptors (Lipinski definition) is 3. The molecule has 0 aliphatic carbocycles. The molecule has 1 unspecified atom stereocenters. The molecule has 0 radical (unpaired) electrons. The van der Waals surface area contributed by atoms with Gasteiger partial charge in [0.05, 0.1) is 7.11 Å². The van der Waals surface area contributed by atoms with Crippen LogP contribution in [-0.4, -0.2) is 44.7 Å². The van der Waals surface area contributed by atoms with E-state index < -0.39 is 0 Å². The Morgan fingerprint density at radius 2 is 2.10 bits per heavy atom. The van der Waals surface area contributed by atoms with E-state index >= 15 is 0 Å². The lowest BCUT2D eigenvalue weighted by molar-refractivity contribution is 0.184. The van der Waals surface area contributed by atoms with Crippen molar-refractivity contribution in [3.05, 3.63) is 29.3 Å².